The van der Waals surface area contributed by atoms with Crippen molar-refractivity contribution < 1.29 is 9.47 Å². The monoisotopic (exact) mass is 553 g/mol. The average Bonchev–Trinajstić information content (AvgIpc) is 2.79. The number of benzene rings is 2. The van der Waals surface area contributed by atoms with Crippen molar-refractivity contribution >= 4 is 35.6 Å². The van der Waals surface area contributed by atoms with E-state index in [1.54, 1.807) is 14.2 Å². The molecule has 8 heteroatoms. The molecule has 0 saturated carbocycles. The van der Waals surface area contributed by atoms with Gasteiger partial charge in [-0.15, -0.1) is 24.0 Å². The number of halogens is 1. The number of aliphatic imine (C=N–C) groups is 1. The highest BCUT2D eigenvalue weighted by atomic mass is 127. The fourth-order valence-electron chi connectivity index (χ4n) is 3.55. The predicted octanol–water partition coefficient (Wildman–Crippen LogP) is 3.65. The number of ether oxygens (including phenoxy) is 2. The lowest BCUT2D eigenvalue weighted by atomic mass is 10.1. The Morgan fingerprint density at radius 3 is 2.31 bits per heavy atom. The molecule has 1 aliphatic heterocycles. The van der Waals surface area contributed by atoms with E-state index in [4.69, 9.17) is 9.47 Å². The third-order valence-electron chi connectivity index (χ3n) is 5.43. The second-order valence-electron chi connectivity index (χ2n) is 7.75. The molecule has 3 rings (SSSR count). The molecule has 0 bridgehead atoms. The molecule has 7 nitrogen and oxygen atoms in total. The number of nitrogens with zero attached hydrogens (tertiary/aromatic N) is 3. The Morgan fingerprint density at radius 1 is 1.00 bits per heavy atom. The van der Waals surface area contributed by atoms with Gasteiger partial charge in [-0.2, -0.15) is 0 Å². The molecular formula is C24H36IN5O2. The molecule has 0 unspecified atom stereocenters. The van der Waals surface area contributed by atoms with Gasteiger partial charge in [-0.3, -0.25) is 9.89 Å². The van der Waals surface area contributed by atoms with Crippen LogP contribution >= 0.6 is 24.0 Å². The lowest BCUT2D eigenvalue weighted by Crippen LogP contribution is -2.43. The van der Waals surface area contributed by atoms with E-state index in [9.17, 15) is 0 Å². The lowest BCUT2D eigenvalue weighted by Gasteiger charge is -2.32. The fourth-order valence-corrected chi connectivity index (χ4v) is 3.55. The highest BCUT2D eigenvalue weighted by Crippen LogP contribution is 2.30. The minimum atomic E-state index is 0. The van der Waals surface area contributed by atoms with Crippen LogP contribution in [0.3, 0.4) is 0 Å². The van der Waals surface area contributed by atoms with Crippen molar-refractivity contribution in [3.05, 3.63) is 53.6 Å². The number of rotatable bonds is 8. The van der Waals surface area contributed by atoms with Crippen LogP contribution < -0.4 is 20.1 Å². The molecule has 2 N–H and O–H groups in total. The molecule has 2 aromatic rings. The molecule has 1 saturated heterocycles. The van der Waals surface area contributed by atoms with Crippen molar-refractivity contribution in [2.75, 3.05) is 59.3 Å². The maximum absolute atomic E-state index is 5.65. The van der Waals surface area contributed by atoms with Crippen molar-refractivity contribution in [1.82, 2.24) is 15.1 Å². The molecule has 0 aliphatic carbocycles. The van der Waals surface area contributed by atoms with Gasteiger partial charge in [0.2, 0.25) is 0 Å². The minimum Gasteiger partial charge on any atom is -0.493 e. The van der Waals surface area contributed by atoms with Crippen LogP contribution in [0.25, 0.3) is 0 Å². The summed E-state index contributed by atoms with van der Waals surface area (Å²) >= 11 is 0. The normalized spacial score (nSPS) is 15.1. The highest BCUT2D eigenvalue weighted by molar-refractivity contribution is 14.0. The van der Waals surface area contributed by atoms with E-state index in [0.29, 0.717) is 30.6 Å². The molecule has 0 aromatic heterocycles. The van der Waals surface area contributed by atoms with Crippen LogP contribution in [0.5, 0.6) is 11.5 Å². The van der Waals surface area contributed by atoms with Crippen molar-refractivity contribution in [2.24, 2.45) is 4.99 Å². The highest BCUT2D eigenvalue weighted by Gasteiger charge is 2.13. The van der Waals surface area contributed by atoms with Gasteiger partial charge in [0.25, 0.3) is 0 Å². The summed E-state index contributed by atoms with van der Waals surface area (Å²) in [7, 11) is 5.59. The van der Waals surface area contributed by atoms with E-state index >= 15 is 0 Å². The number of guanidine groups is 1. The van der Waals surface area contributed by atoms with Crippen molar-refractivity contribution in [3.8, 4) is 11.5 Å². The molecule has 176 valence electrons. The van der Waals surface area contributed by atoms with E-state index in [1.807, 2.05) is 25.1 Å². The van der Waals surface area contributed by atoms with Gasteiger partial charge in [0.1, 0.15) is 0 Å². The second-order valence-corrected chi connectivity index (χ2v) is 7.75. The topological polar surface area (TPSA) is 61.4 Å². The molecule has 1 heterocycles. The van der Waals surface area contributed by atoms with Crippen LogP contribution in [0.15, 0.2) is 47.5 Å². The molecule has 0 spiro atoms. The third kappa shape index (κ3) is 7.83. The standard InChI is InChI=1S/C24H35N5O2.HI/c1-5-31-23-16-21(10-11-22(23)30-4)27-24(25-2)26-17-19-6-8-20(9-7-19)18-29-14-12-28(3)13-15-29;/h6-11,16H,5,12-15,17-18H2,1-4H3,(H2,25,26,27);1H. The number of likely N-dealkylation sites (N-methyl/N-ethyl adjacent to an activating group) is 1. The number of nitrogens with one attached hydrogen (secondary N) is 2. The van der Waals surface area contributed by atoms with Crippen LogP contribution in [-0.4, -0.2) is 69.8 Å². The smallest absolute Gasteiger partial charge is 0.195 e. The third-order valence-corrected chi connectivity index (χ3v) is 5.43. The Kier molecular flexibility index (Phi) is 11.1. The van der Waals surface area contributed by atoms with E-state index < -0.39 is 0 Å². The van der Waals surface area contributed by atoms with Crippen molar-refractivity contribution in [2.45, 2.75) is 20.0 Å². The van der Waals surface area contributed by atoms with Crippen LogP contribution in [-0.2, 0) is 13.1 Å². The SMILES string of the molecule is CCOc1cc(NC(=NC)NCc2ccc(CN3CCN(C)CC3)cc2)ccc1OC.I. The molecule has 0 amide bonds. The summed E-state index contributed by atoms with van der Waals surface area (Å²) in [4.78, 5) is 9.23. The number of hydrogen-bond acceptors (Lipinski definition) is 5. The Labute approximate surface area is 209 Å². The quantitative estimate of drug-likeness (QED) is 0.296. The van der Waals surface area contributed by atoms with Gasteiger partial charge in [0, 0.05) is 58.1 Å². The number of piperazine rings is 1. The zero-order chi connectivity index (χ0) is 22.1. The summed E-state index contributed by atoms with van der Waals surface area (Å²) in [5.41, 5.74) is 3.46. The number of hydrogen-bond donors (Lipinski definition) is 2. The zero-order valence-electron chi connectivity index (χ0n) is 19.6. The first-order valence-corrected chi connectivity index (χ1v) is 10.9. The maximum Gasteiger partial charge on any atom is 0.195 e. The molecule has 0 radical (unpaired) electrons. The fraction of sp³-hybridized carbons (Fsp3) is 0.458. The van der Waals surface area contributed by atoms with E-state index in [2.05, 4.69) is 56.7 Å². The van der Waals surface area contributed by atoms with Crippen molar-refractivity contribution in [1.29, 1.82) is 0 Å². The van der Waals surface area contributed by atoms with Crippen LogP contribution in [0.4, 0.5) is 5.69 Å². The zero-order valence-corrected chi connectivity index (χ0v) is 21.9. The molecule has 1 aliphatic rings. The summed E-state index contributed by atoms with van der Waals surface area (Å²) in [6.45, 7) is 8.82. The summed E-state index contributed by atoms with van der Waals surface area (Å²) < 4.78 is 11.0. The van der Waals surface area contributed by atoms with Crippen molar-refractivity contribution in [3.63, 3.8) is 0 Å². The van der Waals surface area contributed by atoms with Gasteiger partial charge in [-0.1, -0.05) is 24.3 Å². The number of anilines is 1. The van der Waals surface area contributed by atoms with E-state index in [0.717, 1.165) is 38.4 Å². The average molecular weight is 553 g/mol. The largest absolute Gasteiger partial charge is 0.493 e. The Hall–Kier alpha value is -2.04. The Balaban J connectivity index is 0.00000363. The summed E-state index contributed by atoms with van der Waals surface area (Å²) in [6.07, 6.45) is 0. The molecule has 1 fully saturated rings. The molecule has 2 aromatic carbocycles. The van der Waals surface area contributed by atoms with Gasteiger partial charge in [-0.25, -0.2) is 0 Å². The Bertz CT molecular complexity index is 852. The Morgan fingerprint density at radius 2 is 1.69 bits per heavy atom. The van der Waals surface area contributed by atoms with Crippen LogP contribution in [0, 0.1) is 0 Å². The minimum absolute atomic E-state index is 0. The van der Waals surface area contributed by atoms with Gasteiger partial charge < -0.3 is 25.0 Å². The van der Waals surface area contributed by atoms with Gasteiger partial charge in [-0.05, 0) is 37.2 Å². The molecular weight excluding hydrogens is 517 g/mol. The van der Waals surface area contributed by atoms with Gasteiger partial charge in [0.15, 0.2) is 17.5 Å². The summed E-state index contributed by atoms with van der Waals surface area (Å²) in [5.74, 6) is 2.13. The van der Waals surface area contributed by atoms with E-state index in [-0.39, 0.29) is 24.0 Å². The first-order chi connectivity index (χ1) is 15.1. The molecule has 0 atom stereocenters. The number of methoxy groups -OCH3 is 1. The van der Waals surface area contributed by atoms with E-state index in [1.165, 1.54) is 11.1 Å². The van der Waals surface area contributed by atoms with Gasteiger partial charge >= 0.3 is 0 Å². The first kappa shape index (κ1) is 26.2. The summed E-state index contributed by atoms with van der Waals surface area (Å²) in [6, 6.07) is 14.6. The first-order valence-electron chi connectivity index (χ1n) is 10.9. The van der Waals surface area contributed by atoms with Gasteiger partial charge in [0.05, 0.1) is 13.7 Å². The van der Waals surface area contributed by atoms with Crippen LogP contribution in [0.1, 0.15) is 18.1 Å². The predicted molar refractivity (Wildman–Crippen MR) is 143 cm³/mol. The maximum atomic E-state index is 5.65. The molecule has 32 heavy (non-hydrogen) atoms. The second kappa shape index (κ2) is 13.5. The lowest BCUT2D eigenvalue weighted by molar-refractivity contribution is 0.148. The van der Waals surface area contributed by atoms with Crippen LogP contribution in [0.2, 0.25) is 0 Å². The summed E-state index contributed by atoms with van der Waals surface area (Å²) in [5, 5.41) is 6.68.